The first-order chi connectivity index (χ1) is 17.1. The minimum atomic E-state index is -1.10. The number of hydrogen-bond acceptors (Lipinski definition) is 8. The summed E-state index contributed by atoms with van der Waals surface area (Å²) in [6.45, 7) is 0. The van der Waals surface area contributed by atoms with Crippen LogP contribution in [0.2, 0.25) is 0 Å². The van der Waals surface area contributed by atoms with Gasteiger partial charge in [0.15, 0.2) is 0 Å². The zero-order valence-electron chi connectivity index (χ0n) is 19.0. The molecule has 1 spiro atoms. The Morgan fingerprint density at radius 3 is 2.11 bits per heavy atom. The quantitative estimate of drug-likeness (QED) is 0.351. The molecule has 0 aliphatic carbocycles. The lowest BCUT2D eigenvalue weighted by atomic mass is 10.2. The van der Waals surface area contributed by atoms with Gasteiger partial charge in [-0.3, -0.25) is 9.69 Å². The topological polar surface area (TPSA) is 71.4 Å². The number of rotatable bonds is 5. The van der Waals surface area contributed by atoms with Crippen LogP contribution in [0.15, 0.2) is 94.9 Å². The number of nitrogens with zero attached hydrogens (tertiary/aromatic N) is 3. The minimum absolute atomic E-state index is 0.170. The maximum absolute atomic E-state index is 13.9. The highest BCUT2D eigenvalue weighted by molar-refractivity contribution is 8.29. The van der Waals surface area contributed by atoms with Gasteiger partial charge in [0.05, 0.1) is 24.8 Å². The van der Waals surface area contributed by atoms with Crippen LogP contribution in [0.4, 0.5) is 11.4 Å². The van der Waals surface area contributed by atoms with Gasteiger partial charge < -0.3 is 9.47 Å². The summed E-state index contributed by atoms with van der Waals surface area (Å²) in [5.74, 6) is -0.00845. The number of anilines is 2. The number of para-hydroxylation sites is 2. The predicted molar refractivity (Wildman–Crippen MR) is 141 cm³/mol. The molecule has 1 amide bonds. The van der Waals surface area contributed by atoms with Crippen molar-refractivity contribution in [3.8, 4) is 5.75 Å². The standard InChI is InChI=1S/C26H21N3O4S2/c1-32-21-15-13-18(14-16-21)17-22-24(30)28(19-9-5-3-6-10-19)26(34-22)29(20-11-7-4-8-12-20)27-23(35-26)25(31)33-2/h3-17H,1-2H3. The molecule has 1 fully saturated rings. The number of methoxy groups -OCH3 is 2. The lowest BCUT2D eigenvalue weighted by molar-refractivity contribution is -0.132. The summed E-state index contributed by atoms with van der Waals surface area (Å²) < 4.78 is 9.13. The number of ether oxygens (including phenoxy) is 2. The van der Waals surface area contributed by atoms with Crippen LogP contribution in [0.5, 0.6) is 5.75 Å². The van der Waals surface area contributed by atoms with Crippen molar-refractivity contribution < 1.29 is 19.1 Å². The number of thioether (sulfide) groups is 2. The molecule has 2 aliphatic rings. The maximum Gasteiger partial charge on any atom is 0.365 e. The normalized spacial score (nSPS) is 20.5. The Labute approximate surface area is 211 Å². The summed E-state index contributed by atoms with van der Waals surface area (Å²) >= 11 is 2.54. The highest BCUT2D eigenvalue weighted by Gasteiger charge is 2.60. The van der Waals surface area contributed by atoms with Gasteiger partial charge in [-0.15, -0.1) is 0 Å². The van der Waals surface area contributed by atoms with Crippen LogP contribution in [0.25, 0.3) is 6.08 Å². The third-order valence-electron chi connectivity index (χ3n) is 5.42. The molecule has 0 saturated carbocycles. The number of carbonyl (C=O) groups is 2. The molecule has 1 saturated heterocycles. The summed E-state index contributed by atoms with van der Waals surface area (Å²) in [4.78, 5) is 28.7. The third kappa shape index (κ3) is 4.17. The molecule has 0 aromatic heterocycles. The molecule has 0 radical (unpaired) electrons. The van der Waals surface area contributed by atoms with Gasteiger partial charge in [-0.2, -0.15) is 5.10 Å². The van der Waals surface area contributed by atoms with Crippen molar-refractivity contribution in [1.29, 1.82) is 0 Å². The molecule has 2 aliphatic heterocycles. The third-order valence-corrected chi connectivity index (χ3v) is 8.11. The largest absolute Gasteiger partial charge is 0.497 e. The van der Waals surface area contributed by atoms with Crippen LogP contribution < -0.4 is 14.6 Å². The van der Waals surface area contributed by atoms with Crippen LogP contribution in [0.1, 0.15) is 5.56 Å². The summed E-state index contributed by atoms with van der Waals surface area (Å²) in [6, 6.07) is 26.3. The van der Waals surface area contributed by atoms with Gasteiger partial charge in [0.25, 0.3) is 5.91 Å². The van der Waals surface area contributed by atoms with Gasteiger partial charge in [-0.05, 0) is 59.8 Å². The Morgan fingerprint density at radius 1 is 0.886 bits per heavy atom. The number of esters is 1. The molecule has 3 aromatic rings. The average Bonchev–Trinajstić information content (AvgIpc) is 3.41. The molecule has 3 aromatic carbocycles. The van der Waals surface area contributed by atoms with Gasteiger partial charge in [0, 0.05) is 5.69 Å². The molecular weight excluding hydrogens is 482 g/mol. The Balaban J connectivity index is 1.65. The van der Waals surface area contributed by atoms with Crippen molar-refractivity contribution in [2.45, 2.75) is 4.33 Å². The van der Waals surface area contributed by atoms with E-state index in [9.17, 15) is 9.59 Å². The Morgan fingerprint density at radius 2 is 1.51 bits per heavy atom. The molecule has 5 rings (SSSR count). The molecule has 176 valence electrons. The second kappa shape index (κ2) is 9.52. The van der Waals surface area contributed by atoms with Crippen molar-refractivity contribution in [3.05, 3.63) is 95.4 Å². The van der Waals surface area contributed by atoms with Gasteiger partial charge >= 0.3 is 5.97 Å². The first-order valence-corrected chi connectivity index (χ1v) is 12.3. The minimum Gasteiger partial charge on any atom is -0.497 e. The monoisotopic (exact) mass is 503 g/mol. The zero-order valence-corrected chi connectivity index (χ0v) is 20.6. The van der Waals surface area contributed by atoms with Crippen LogP contribution in [0.3, 0.4) is 0 Å². The molecule has 7 nitrogen and oxygen atoms in total. The van der Waals surface area contributed by atoms with Crippen molar-refractivity contribution >= 4 is 57.9 Å². The SMILES string of the molecule is COC(=O)C1=NN(c2ccccc2)C2(SC(=Cc3ccc(OC)cc3)C(=O)N2c2ccccc2)S1. The van der Waals surface area contributed by atoms with E-state index in [-0.39, 0.29) is 11.0 Å². The summed E-state index contributed by atoms with van der Waals surface area (Å²) in [7, 11) is 2.93. The smallest absolute Gasteiger partial charge is 0.365 e. The van der Waals surface area contributed by atoms with E-state index in [1.165, 1.54) is 30.6 Å². The Bertz CT molecular complexity index is 1310. The fourth-order valence-corrected chi connectivity index (χ4v) is 6.68. The van der Waals surface area contributed by atoms with Crippen molar-refractivity contribution in [3.63, 3.8) is 0 Å². The van der Waals surface area contributed by atoms with E-state index in [0.717, 1.165) is 17.0 Å². The zero-order chi connectivity index (χ0) is 24.4. The molecule has 0 N–H and O–H groups in total. The van der Waals surface area contributed by atoms with Crippen LogP contribution in [-0.4, -0.2) is 35.5 Å². The molecule has 35 heavy (non-hydrogen) atoms. The summed E-state index contributed by atoms with van der Waals surface area (Å²) in [6.07, 6.45) is 1.84. The predicted octanol–water partition coefficient (Wildman–Crippen LogP) is 5.17. The Kier molecular flexibility index (Phi) is 6.27. The fourth-order valence-electron chi connectivity index (χ4n) is 3.78. The second-order valence-electron chi connectivity index (χ2n) is 7.55. The van der Waals surface area contributed by atoms with E-state index >= 15 is 0 Å². The second-order valence-corrected chi connectivity index (χ2v) is 10.2. The van der Waals surface area contributed by atoms with Gasteiger partial charge in [0.1, 0.15) is 5.75 Å². The van der Waals surface area contributed by atoms with Crippen molar-refractivity contribution in [1.82, 2.24) is 0 Å². The molecule has 1 unspecified atom stereocenters. The van der Waals surface area contributed by atoms with Crippen LogP contribution in [0, 0.1) is 0 Å². The van der Waals surface area contributed by atoms with Crippen molar-refractivity contribution in [2.75, 3.05) is 24.1 Å². The number of hydrogen-bond donors (Lipinski definition) is 0. The van der Waals surface area contributed by atoms with Gasteiger partial charge in [-0.1, -0.05) is 60.3 Å². The summed E-state index contributed by atoms with van der Waals surface area (Å²) in [5, 5.41) is 6.50. The van der Waals surface area contributed by atoms with E-state index in [1.54, 1.807) is 17.0 Å². The molecule has 9 heteroatoms. The highest BCUT2D eigenvalue weighted by atomic mass is 32.2. The number of amides is 1. The lowest BCUT2D eigenvalue weighted by Gasteiger charge is -2.38. The lowest BCUT2D eigenvalue weighted by Crippen LogP contribution is -2.51. The van der Waals surface area contributed by atoms with Crippen LogP contribution >= 0.6 is 23.5 Å². The average molecular weight is 504 g/mol. The first-order valence-electron chi connectivity index (χ1n) is 10.7. The maximum atomic E-state index is 13.9. The van der Waals surface area contributed by atoms with Crippen LogP contribution in [-0.2, 0) is 14.3 Å². The molecular formula is C26H21N3O4S2. The molecule has 1 atom stereocenters. The van der Waals surface area contributed by atoms with E-state index in [4.69, 9.17) is 9.47 Å². The van der Waals surface area contributed by atoms with E-state index < -0.39 is 10.3 Å². The molecule has 2 heterocycles. The Hall–Kier alpha value is -3.69. The number of carbonyl (C=O) groups excluding carboxylic acids is 2. The number of hydrazone groups is 1. The van der Waals surface area contributed by atoms with E-state index in [1.807, 2.05) is 91.0 Å². The summed E-state index contributed by atoms with van der Waals surface area (Å²) in [5.41, 5.74) is 2.29. The van der Waals surface area contributed by atoms with Gasteiger partial charge in [0.2, 0.25) is 9.37 Å². The van der Waals surface area contributed by atoms with Crippen molar-refractivity contribution in [2.24, 2.45) is 5.10 Å². The van der Waals surface area contributed by atoms with E-state index in [2.05, 4.69) is 5.10 Å². The first kappa shape index (κ1) is 23.1. The van der Waals surface area contributed by atoms with E-state index in [0.29, 0.717) is 10.6 Å². The molecule has 0 bridgehead atoms. The highest BCUT2D eigenvalue weighted by Crippen LogP contribution is 2.59. The number of benzene rings is 3. The fraction of sp³-hybridized carbons (Fsp3) is 0.115. The van der Waals surface area contributed by atoms with Gasteiger partial charge in [-0.25, -0.2) is 9.80 Å².